The standard InChI is InChI=1S/C14H21NO3/c1-14(2,3)18-15-10-9-13(16)17-11-12-7-5-4-6-8-12/h4-8,15H,9-11H2,1-3H3. The van der Waals surface area contributed by atoms with Gasteiger partial charge in [-0.15, -0.1) is 0 Å². The van der Waals surface area contributed by atoms with E-state index in [0.717, 1.165) is 5.56 Å². The van der Waals surface area contributed by atoms with Crippen molar-refractivity contribution in [2.45, 2.75) is 39.4 Å². The normalized spacial score (nSPS) is 11.3. The van der Waals surface area contributed by atoms with Gasteiger partial charge >= 0.3 is 5.97 Å². The Morgan fingerprint density at radius 3 is 2.50 bits per heavy atom. The Balaban J connectivity index is 2.11. The SMILES string of the molecule is CC(C)(C)ONCCC(=O)OCc1ccccc1. The van der Waals surface area contributed by atoms with Gasteiger partial charge in [0.05, 0.1) is 12.0 Å². The molecule has 0 aliphatic rings. The summed E-state index contributed by atoms with van der Waals surface area (Å²) in [7, 11) is 0. The first-order valence-corrected chi connectivity index (χ1v) is 6.08. The molecule has 0 amide bonds. The van der Waals surface area contributed by atoms with Crippen molar-refractivity contribution in [2.24, 2.45) is 0 Å². The fourth-order valence-electron chi connectivity index (χ4n) is 1.23. The van der Waals surface area contributed by atoms with Gasteiger partial charge in [0.15, 0.2) is 0 Å². The van der Waals surface area contributed by atoms with Crippen LogP contribution in [-0.4, -0.2) is 18.1 Å². The number of nitrogens with one attached hydrogen (secondary N) is 1. The molecule has 1 aromatic rings. The van der Waals surface area contributed by atoms with Gasteiger partial charge in [0.2, 0.25) is 0 Å². The van der Waals surface area contributed by atoms with Gasteiger partial charge in [-0.3, -0.25) is 9.63 Å². The number of carbonyl (C=O) groups excluding carboxylic acids is 1. The van der Waals surface area contributed by atoms with E-state index in [-0.39, 0.29) is 11.6 Å². The topological polar surface area (TPSA) is 47.6 Å². The summed E-state index contributed by atoms with van der Waals surface area (Å²) in [6, 6.07) is 9.62. The lowest BCUT2D eigenvalue weighted by Gasteiger charge is -2.19. The Labute approximate surface area is 108 Å². The van der Waals surface area contributed by atoms with Gasteiger partial charge in [-0.25, -0.2) is 5.48 Å². The van der Waals surface area contributed by atoms with Gasteiger partial charge in [-0.2, -0.15) is 0 Å². The fraction of sp³-hybridized carbons (Fsp3) is 0.500. The first-order valence-electron chi connectivity index (χ1n) is 6.08. The number of benzene rings is 1. The predicted molar refractivity (Wildman–Crippen MR) is 69.7 cm³/mol. The first-order chi connectivity index (χ1) is 8.47. The Morgan fingerprint density at radius 2 is 1.89 bits per heavy atom. The average Bonchev–Trinajstić information content (AvgIpc) is 2.32. The number of hydrogen-bond donors (Lipinski definition) is 1. The number of ether oxygens (including phenoxy) is 1. The molecule has 0 atom stereocenters. The van der Waals surface area contributed by atoms with Crippen LogP contribution in [0.3, 0.4) is 0 Å². The van der Waals surface area contributed by atoms with E-state index in [2.05, 4.69) is 5.48 Å². The van der Waals surface area contributed by atoms with E-state index in [4.69, 9.17) is 9.57 Å². The summed E-state index contributed by atoms with van der Waals surface area (Å²) in [5.74, 6) is -0.233. The molecule has 1 rings (SSSR count). The molecular weight excluding hydrogens is 230 g/mol. The van der Waals surface area contributed by atoms with E-state index in [1.54, 1.807) is 0 Å². The molecule has 0 saturated heterocycles. The highest BCUT2D eigenvalue weighted by atomic mass is 16.7. The largest absolute Gasteiger partial charge is 0.461 e. The molecule has 1 N–H and O–H groups in total. The molecule has 0 spiro atoms. The number of hydroxylamine groups is 1. The van der Waals surface area contributed by atoms with Crippen LogP contribution in [0.15, 0.2) is 30.3 Å². The van der Waals surface area contributed by atoms with Crippen molar-refractivity contribution in [1.82, 2.24) is 5.48 Å². The lowest BCUT2D eigenvalue weighted by Crippen LogP contribution is -2.30. The number of carbonyl (C=O) groups is 1. The molecule has 0 radical (unpaired) electrons. The summed E-state index contributed by atoms with van der Waals surface area (Å²) in [5.41, 5.74) is 3.49. The minimum absolute atomic E-state index is 0.233. The Hall–Kier alpha value is -1.39. The van der Waals surface area contributed by atoms with Gasteiger partial charge in [-0.05, 0) is 26.3 Å². The summed E-state index contributed by atoms with van der Waals surface area (Å²) in [6.45, 7) is 6.58. The lowest BCUT2D eigenvalue weighted by atomic mass is 10.2. The molecule has 0 heterocycles. The van der Waals surface area contributed by atoms with Gasteiger partial charge in [0.1, 0.15) is 6.61 Å². The number of hydrogen-bond acceptors (Lipinski definition) is 4. The van der Waals surface area contributed by atoms with E-state index in [1.807, 2.05) is 51.1 Å². The summed E-state index contributed by atoms with van der Waals surface area (Å²) in [4.78, 5) is 16.7. The van der Waals surface area contributed by atoms with Crippen molar-refractivity contribution in [2.75, 3.05) is 6.54 Å². The van der Waals surface area contributed by atoms with E-state index >= 15 is 0 Å². The molecule has 0 fully saturated rings. The number of rotatable bonds is 6. The third kappa shape index (κ3) is 7.04. The third-order valence-corrected chi connectivity index (χ3v) is 2.05. The molecule has 0 aliphatic carbocycles. The zero-order chi connectivity index (χ0) is 13.4. The highest BCUT2D eigenvalue weighted by molar-refractivity contribution is 5.69. The van der Waals surface area contributed by atoms with Crippen LogP contribution in [0.4, 0.5) is 0 Å². The minimum Gasteiger partial charge on any atom is -0.461 e. The van der Waals surface area contributed by atoms with Crippen molar-refractivity contribution in [3.05, 3.63) is 35.9 Å². The van der Waals surface area contributed by atoms with Crippen molar-refractivity contribution >= 4 is 5.97 Å². The monoisotopic (exact) mass is 251 g/mol. The van der Waals surface area contributed by atoms with E-state index in [1.165, 1.54) is 0 Å². The van der Waals surface area contributed by atoms with E-state index < -0.39 is 0 Å². The van der Waals surface area contributed by atoms with Gasteiger partial charge < -0.3 is 4.74 Å². The first kappa shape index (κ1) is 14.7. The van der Waals surface area contributed by atoms with Crippen LogP contribution in [0.2, 0.25) is 0 Å². The van der Waals surface area contributed by atoms with Crippen LogP contribution in [0.1, 0.15) is 32.8 Å². The Kier molecular flexibility index (Phi) is 5.82. The van der Waals surface area contributed by atoms with Crippen molar-refractivity contribution in [3.63, 3.8) is 0 Å². The van der Waals surface area contributed by atoms with Crippen molar-refractivity contribution in [1.29, 1.82) is 0 Å². The fourth-order valence-corrected chi connectivity index (χ4v) is 1.23. The maximum atomic E-state index is 11.4. The summed E-state index contributed by atoms with van der Waals surface area (Å²) >= 11 is 0. The van der Waals surface area contributed by atoms with Crippen LogP contribution in [0.25, 0.3) is 0 Å². The zero-order valence-corrected chi connectivity index (χ0v) is 11.2. The second-order valence-electron chi connectivity index (χ2n) is 5.01. The molecule has 100 valence electrons. The summed E-state index contributed by atoms with van der Waals surface area (Å²) < 4.78 is 5.13. The predicted octanol–water partition coefficient (Wildman–Crippen LogP) is 2.44. The van der Waals surface area contributed by atoms with Crippen LogP contribution in [0, 0.1) is 0 Å². The molecule has 4 nitrogen and oxygen atoms in total. The molecular formula is C14H21NO3. The van der Waals surface area contributed by atoms with E-state index in [0.29, 0.717) is 19.6 Å². The average molecular weight is 251 g/mol. The molecule has 18 heavy (non-hydrogen) atoms. The van der Waals surface area contributed by atoms with Crippen LogP contribution in [-0.2, 0) is 21.0 Å². The second-order valence-corrected chi connectivity index (χ2v) is 5.01. The van der Waals surface area contributed by atoms with Gasteiger partial charge in [-0.1, -0.05) is 30.3 Å². The maximum Gasteiger partial charge on any atom is 0.307 e. The summed E-state index contributed by atoms with van der Waals surface area (Å²) in [6.07, 6.45) is 0.295. The maximum absolute atomic E-state index is 11.4. The third-order valence-electron chi connectivity index (χ3n) is 2.05. The van der Waals surface area contributed by atoms with E-state index in [9.17, 15) is 4.79 Å². The molecule has 0 saturated carbocycles. The Morgan fingerprint density at radius 1 is 1.22 bits per heavy atom. The van der Waals surface area contributed by atoms with Crippen LogP contribution >= 0.6 is 0 Å². The molecule has 4 heteroatoms. The molecule has 0 aromatic heterocycles. The smallest absolute Gasteiger partial charge is 0.307 e. The van der Waals surface area contributed by atoms with Crippen molar-refractivity contribution in [3.8, 4) is 0 Å². The molecule has 1 aromatic carbocycles. The highest BCUT2D eigenvalue weighted by Crippen LogP contribution is 2.04. The molecule has 0 aliphatic heterocycles. The highest BCUT2D eigenvalue weighted by Gasteiger charge is 2.10. The summed E-state index contributed by atoms with van der Waals surface area (Å²) in [5, 5.41) is 0. The lowest BCUT2D eigenvalue weighted by molar-refractivity contribution is -0.146. The van der Waals surface area contributed by atoms with Crippen molar-refractivity contribution < 1.29 is 14.4 Å². The molecule has 0 bridgehead atoms. The van der Waals surface area contributed by atoms with Crippen LogP contribution in [0.5, 0.6) is 0 Å². The minimum atomic E-state index is -0.256. The van der Waals surface area contributed by atoms with Crippen LogP contribution < -0.4 is 5.48 Å². The van der Waals surface area contributed by atoms with Gasteiger partial charge in [0, 0.05) is 6.54 Å². The quantitative estimate of drug-likeness (QED) is 0.479. The number of esters is 1. The second kappa shape index (κ2) is 7.13. The zero-order valence-electron chi connectivity index (χ0n) is 11.2. The van der Waals surface area contributed by atoms with Gasteiger partial charge in [0.25, 0.3) is 0 Å². The Bertz CT molecular complexity index is 357. The molecule has 0 unspecified atom stereocenters.